The highest BCUT2D eigenvalue weighted by Gasteiger charge is 2.19. The molecule has 0 saturated heterocycles. The van der Waals surface area contributed by atoms with E-state index in [1.807, 2.05) is 12.1 Å². The highest BCUT2D eigenvalue weighted by molar-refractivity contribution is 5.89. The van der Waals surface area contributed by atoms with E-state index in [-0.39, 0.29) is 11.4 Å². The summed E-state index contributed by atoms with van der Waals surface area (Å²) in [6.07, 6.45) is 2.57. The molecule has 7 nitrogen and oxygen atoms in total. The molecule has 0 fully saturated rings. The fraction of sp³-hybridized carbons (Fsp3) is 0.450. The van der Waals surface area contributed by atoms with Crippen molar-refractivity contribution in [1.82, 2.24) is 15.6 Å². The summed E-state index contributed by atoms with van der Waals surface area (Å²) >= 11 is 0. The van der Waals surface area contributed by atoms with Gasteiger partial charge in [0.25, 0.3) is 0 Å². The molecule has 0 unspecified atom stereocenters. The predicted octanol–water partition coefficient (Wildman–Crippen LogP) is 2.67. The minimum atomic E-state index is -0.328. The van der Waals surface area contributed by atoms with E-state index in [4.69, 9.17) is 9.15 Å². The third-order valence-electron chi connectivity index (χ3n) is 4.00. The Morgan fingerprint density at radius 1 is 1.22 bits per heavy atom. The SMILES string of the molecule is CN=C(NCCc1ccc(C(=O)OC)cc1)NCc1ncc(C(C)(C)C)o1. The van der Waals surface area contributed by atoms with E-state index in [0.717, 1.165) is 17.7 Å². The van der Waals surface area contributed by atoms with Gasteiger partial charge in [0.1, 0.15) is 5.76 Å². The van der Waals surface area contributed by atoms with Gasteiger partial charge in [0, 0.05) is 19.0 Å². The molecule has 0 bridgehead atoms. The van der Waals surface area contributed by atoms with Gasteiger partial charge in [-0.3, -0.25) is 4.99 Å². The molecule has 0 aliphatic carbocycles. The Balaban J connectivity index is 1.79. The monoisotopic (exact) mass is 372 g/mol. The number of guanidine groups is 1. The van der Waals surface area contributed by atoms with Crippen LogP contribution in [0.1, 0.15) is 48.3 Å². The smallest absolute Gasteiger partial charge is 0.337 e. The van der Waals surface area contributed by atoms with Crippen LogP contribution in [0.15, 0.2) is 39.9 Å². The van der Waals surface area contributed by atoms with Gasteiger partial charge in [0.15, 0.2) is 5.96 Å². The van der Waals surface area contributed by atoms with E-state index in [0.29, 0.717) is 30.5 Å². The topological polar surface area (TPSA) is 88.8 Å². The van der Waals surface area contributed by atoms with Crippen LogP contribution in [-0.4, -0.2) is 37.6 Å². The normalized spacial score (nSPS) is 12.0. The minimum absolute atomic E-state index is 0.0609. The number of nitrogens with zero attached hydrogens (tertiary/aromatic N) is 2. The number of carbonyl (C=O) groups excluding carboxylic acids is 1. The molecule has 2 N–H and O–H groups in total. The lowest BCUT2D eigenvalue weighted by molar-refractivity contribution is 0.0600. The minimum Gasteiger partial charge on any atom is -0.465 e. The molecule has 0 spiro atoms. The molecule has 146 valence electrons. The van der Waals surface area contributed by atoms with E-state index in [9.17, 15) is 4.79 Å². The fourth-order valence-corrected chi connectivity index (χ4v) is 2.37. The molecule has 0 saturated carbocycles. The van der Waals surface area contributed by atoms with Gasteiger partial charge in [-0.25, -0.2) is 9.78 Å². The molecule has 2 aromatic rings. The number of aliphatic imine (C=N–C) groups is 1. The zero-order valence-corrected chi connectivity index (χ0v) is 16.6. The number of carbonyl (C=O) groups is 1. The fourth-order valence-electron chi connectivity index (χ4n) is 2.37. The standard InChI is InChI=1S/C20H28N4O3/c1-20(2,3)16-12-23-17(27-16)13-24-19(21-4)22-11-10-14-6-8-15(9-7-14)18(25)26-5/h6-9,12H,10-11,13H2,1-5H3,(H2,21,22,24). The number of oxazole rings is 1. The average Bonchev–Trinajstić information content (AvgIpc) is 3.14. The predicted molar refractivity (Wildman–Crippen MR) is 105 cm³/mol. The molecular formula is C20H28N4O3. The number of hydrogen-bond acceptors (Lipinski definition) is 5. The van der Waals surface area contributed by atoms with Crippen LogP contribution >= 0.6 is 0 Å². The van der Waals surface area contributed by atoms with E-state index in [2.05, 4.69) is 41.4 Å². The van der Waals surface area contributed by atoms with Crippen molar-refractivity contribution in [3.05, 3.63) is 53.2 Å². The Hall–Kier alpha value is -2.83. The molecule has 0 radical (unpaired) electrons. The van der Waals surface area contributed by atoms with Crippen LogP contribution in [0, 0.1) is 0 Å². The zero-order valence-electron chi connectivity index (χ0n) is 16.6. The summed E-state index contributed by atoms with van der Waals surface area (Å²) in [7, 11) is 3.09. The van der Waals surface area contributed by atoms with Gasteiger partial charge in [-0.2, -0.15) is 0 Å². The maximum atomic E-state index is 11.4. The van der Waals surface area contributed by atoms with Gasteiger partial charge in [-0.1, -0.05) is 32.9 Å². The first-order chi connectivity index (χ1) is 12.8. The first-order valence-corrected chi connectivity index (χ1v) is 8.90. The lowest BCUT2D eigenvalue weighted by atomic mass is 9.94. The summed E-state index contributed by atoms with van der Waals surface area (Å²) < 4.78 is 10.5. The molecule has 1 heterocycles. The number of rotatable bonds is 6. The van der Waals surface area contributed by atoms with E-state index < -0.39 is 0 Å². The number of nitrogens with one attached hydrogen (secondary N) is 2. The van der Waals surface area contributed by atoms with Gasteiger partial charge in [0.2, 0.25) is 5.89 Å². The van der Waals surface area contributed by atoms with Crippen molar-refractivity contribution in [1.29, 1.82) is 0 Å². The Bertz CT molecular complexity index is 773. The lowest BCUT2D eigenvalue weighted by Gasteiger charge is -2.13. The second-order valence-corrected chi connectivity index (χ2v) is 7.16. The summed E-state index contributed by atoms with van der Waals surface area (Å²) in [6, 6.07) is 7.38. The van der Waals surface area contributed by atoms with Gasteiger partial charge < -0.3 is 19.8 Å². The van der Waals surface area contributed by atoms with E-state index in [1.54, 1.807) is 25.4 Å². The average molecular weight is 372 g/mol. The summed E-state index contributed by atoms with van der Waals surface area (Å²) in [5, 5.41) is 6.44. The van der Waals surface area contributed by atoms with Crippen molar-refractivity contribution in [3.63, 3.8) is 0 Å². The largest absolute Gasteiger partial charge is 0.465 e. The number of hydrogen-bond donors (Lipinski definition) is 2. The Morgan fingerprint density at radius 2 is 1.93 bits per heavy atom. The molecule has 0 atom stereocenters. The lowest BCUT2D eigenvalue weighted by Crippen LogP contribution is -2.37. The first-order valence-electron chi connectivity index (χ1n) is 8.90. The van der Waals surface area contributed by atoms with Gasteiger partial charge >= 0.3 is 5.97 Å². The molecule has 0 aliphatic rings. The third-order valence-corrected chi connectivity index (χ3v) is 4.00. The zero-order chi connectivity index (χ0) is 19.9. The second kappa shape index (κ2) is 9.21. The van der Waals surface area contributed by atoms with Gasteiger partial charge in [-0.15, -0.1) is 0 Å². The van der Waals surface area contributed by atoms with Gasteiger partial charge in [-0.05, 0) is 24.1 Å². The van der Waals surface area contributed by atoms with Crippen LogP contribution < -0.4 is 10.6 Å². The van der Waals surface area contributed by atoms with Crippen LogP contribution in [0.4, 0.5) is 0 Å². The molecule has 2 rings (SSSR count). The molecule has 1 aromatic carbocycles. The van der Waals surface area contributed by atoms with Crippen molar-refractivity contribution in [3.8, 4) is 0 Å². The molecule has 0 aliphatic heterocycles. The van der Waals surface area contributed by atoms with Crippen LogP contribution in [0.3, 0.4) is 0 Å². The quantitative estimate of drug-likeness (QED) is 0.460. The molecular weight excluding hydrogens is 344 g/mol. The third kappa shape index (κ3) is 6.13. The number of esters is 1. The van der Waals surface area contributed by atoms with Crippen molar-refractivity contribution >= 4 is 11.9 Å². The van der Waals surface area contributed by atoms with Crippen molar-refractivity contribution in [2.24, 2.45) is 4.99 Å². The number of ether oxygens (including phenoxy) is 1. The van der Waals surface area contributed by atoms with Gasteiger partial charge in [0.05, 0.1) is 25.4 Å². The van der Waals surface area contributed by atoms with Crippen LogP contribution in [0.5, 0.6) is 0 Å². The summed E-state index contributed by atoms with van der Waals surface area (Å²) in [6.45, 7) is 7.43. The summed E-state index contributed by atoms with van der Waals surface area (Å²) in [5.41, 5.74) is 1.61. The highest BCUT2D eigenvalue weighted by atomic mass is 16.5. The number of benzene rings is 1. The summed E-state index contributed by atoms with van der Waals surface area (Å²) in [4.78, 5) is 19.9. The van der Waals surface area contributed by atoms with Crippen LogP contribution in [-0.2, 0) is 23.1 Å². The van der Waals surface area contributed by atoms with Crippen LogP contribution in [0.25, 0.3) is 0 Å². The van der Waals surface area contributed by atoms with Crippen LogP contribution in [0.2, 0.25) is 0 Å². The first kappa shape index (κ1) is 20.5. The molecule has 0 amide bonds. The maximum absolute atomic E-state index is 11.4. The second-order valence-electron chi connectivity index (χ2n) is 7.16. The van der Waals surface area contributed by atoms with Crippen molar-refractivity contribution in [2.45, 2.75) is 39.2 Å². The highest BCUT2D eigenvalue weighted by Crippen LogP contribution is 2.22. The van der Waals surface area contributed by atoms with E-state index >= 15 is 0 Å². The van der Waals surface area contributed by atoms with Crippen molar-refractivity contribution < 1.29 is 13.9 Å². The Morgan fingerprint density at radius 3 is 2.48 bits per heavy atom. The molecule has 7 heteroatoms. The number of aromatic nitrogens is 1. The summed E-state index contributed by atoms with van der Waals surface area (Å²) in [5.74, 6) is 1.83. The maximum Gasteiger partial charge on any atom is 0.337 e. The van der Waals surface area contributed by atoms with Crippen molar-refractivity contribution in [2.75, 3.05) is 20.7 Å². The molecule has 1 aromatic heterocycles. The van der Waals surface area contributed by atoms with E-state index in [1.165, 1.54) is 7.11 Å². The number of methoxy groups -OCH3 is 1. The molecule has 27 heavy (non-hydrogen) atoms. The Kier molecular flexibility index (Phi) is 6.98. The Labute approximate surface area is 160 Å².